The molecule has 0 radical (unpaired) electrons. The molecule has 2 atom stereocenters. The number of likely N-dealkylation sites (N-methyl/N-ethyl adjacent to an activating group) is 1. The Labute approximate surface area is 111 Å². The third-order valence-electron chi connectivity index (χ3n) is 3.58. The minimum Gasteiger partial charge on any atom is -0.382 e. The second kappa shape index (κ2) is 7.54. The van der Waals surface area contributed by atoms with Crippen molar-refractivity contribution in [3.8, 4) is 0 Å². The smallest absolute Gasteiger partial charge is 0.0624 e. The van der Waals surface area contributed by atoms with Crippen molar-refractivity contribution in [3.63, 3.8) is 0 Å². The van der Waals surface area contributed by atoms with E-state index in [1.54, 1.807) is 7.11 Å². The van der Waals surface area contributed by atoms with Gasteiger partial charge in [-0.25, -0.2) is 0 Å². The number of aryl methyl sites for hydroxylation is 2. The van der Waals surface area contributed by atoms with Crippen LogP contribution in [0.5, 0.6) is 0 Å². The highest BCUT2D eigenvalue weighted by Gasteiger charge is 2.12. The lowest BCUT2D eigenvalue weighted by molar-refractivity contribution is 0.106. The van der Waals surface area contributed by atoms with Gasteiger partial charge in [0, 0.05) is 32.3 Å². The summed E-state index contributed by atoms with van der Waals surface area (Å²) in [7, 11) is 5.83. The first kappa shape index (κ1) is 15.2. The Morgan fingerprint density at radius 3 is 2.67 bits per heavy atom. The van der Waals surface area contributed by atoms with Gasteiger partial charge in [-0.05, 0) is 39.3 Å². The van der Waals surface area contributed by atoms with Crippen molar-refractivity contribution in [2.75, 3.05) is 14.2 Å². The van der Waals surface area contributed by atoms with Gasteiger partial charge in [0.1, 0.15) is 0 Å². The first-order valence-corrected chi connectivity index (χ1v) is 6.82. The fourth-order valence-corrected chi connectivity index (χ4v) is 2.09. The summed E-state index contributed by atoms with van der Waals surface area (Å²) in [4.78, 5) is 0. The summed E-state index contributed by atoms with van der Waals surface area (Å²) in [5.74, 6) is 0. The largest absolute Gasteiger partial charge is 0.382 e. The van der Waals surface area contributed by atoms with Crippen LogP contribution in [0.1, 0.15) is 38.1 Å². The molecule has 0 amide bonds. The number of hydrogen-bond acceptors (Lipinski definition) is 3. The van der Waals surface area contributed by atoms with E-state index in [0.29, 0.717) is 12.1 Å². The fraction of sp³-hybridized carbons (Fsp3) is 0.786. The van der Waals surface area contributed by atoms with Crippen LogP contribution in [-0.2, 0) is 24.6 Å². The van der Waals surface area contributed by atoms with Gasteiger partial charge in [-0.2, -0.15) is 5.10 Å². The maximum Gasteiger partial charge on any atom is 0.0624 e. The highest BCUT2D eigenvalue weighted by atomic mass is 16.5. The van der Waals surface area contributed by atoms with E-state index in [4.69, 9.17) is 4.74 Å². The van der Waals surface area contributed by atoms with Gasteiger partial charge in [0.2, 0.25) is 0 Å². The van der Waals surface area contributed by atoms with Gasteiger partial charge in [0.15, 0.2) is 0 Å². The van der Waals surface area contributed by atoms with Crippen LogP contribution in [0.25, 0.3) is 0 Å². The Morgan fingerprint density at radius 1 is 1.44 bits per heavy atom. The molecular weight excluding hydrogens is 226 g/mol. The van der Waals surface area contributed by atoms with Crippen molar-refractivity contribution in [1.82, 2.24) is 15.1 Å². The van der Waals surface area contributed by atoms with Crippen molar-refractivity contribution in [3.05, 3.63) is 17.5 Å². The topological polar surface area (TPSA) is 39.1 Å². The number of aromatic nitrogens is 2. The van der Waals surface area contributed by atoms with E-state index in [2.05, 4.69) is 30.3 Å². The highest BCUT2D eigenvalue weighted by molar-refractivity contribution is 5.11. The fourth-order valence-electron chi connectivity index (χ4n) is 2.09. The quantitative estimate of drug-likeness (QED) is 0.769. The second-order valence-electron chi connectivity index (χ2n) is 4.92. The van der Waals surface area contributed by atoms with E-state index in [1.807, 2.05) is 18.8 Å². The Morgan fingerprint density at radius 2 is 2.17 bits per heavy atom. The standard InChI is InChI=1S/C14H27N3O/c1-6-12-9-14(17(4)16-12)10-13(15-3)8-7-11(2)18-5/h9,11,13,15H,6-8,10H2,1-5H3. The Kier molecular flexibility index (Phi) is 6.36. The molecule has 0 saturated heterocycles. The predicted octanol–water partition coefficient (Wildman–Crippen LogP) is 1.93. The number of nitrogens with zero attached hydrogens (tertiary/aromatic N) is 2. The summed E-state index contributed by atoms with van der Waals surface area (Å²) < 4.78 is 7.30. The molecule has 4 heteroatoms. The normalized spacial score (nSPS) is 14.7. The lowest BCUT2D eigenvalue weighted by atomic mass is 10.0. The molecule has 0 aliphatic heterocycles. The van der Waals surface area contributed by atoms with Crippen molar-refractivity contribution in [2.45, 2.75) is 51.7 Å². The molecule has 1 rings (SSSR count). The number of hydrogen-bond donors (Lipinski definition) is 1. The molecule has 0 spiro atoms. The van der Waals surface area contributed by atoms with E-state index in [0.717, 1.165) is 25.7 Å². The summed E-state index contributed by atoms with van der Waals surface area (Å²) in [6.07, 6.45) is 4.56. The molecule has 0 aromatic carbocycles. The summed E-state index contributed by atoms with van der Waals surface area (Å²) in [6, 6.07) is 2.70. The summed E-state index contributed by atoms with van der Waals surface area (Å²) in [5.41, 5.74) is 2.48. The Balaban J connectivity index is 2.53. The second-order valence-corrected chi connectivity index (χ2v) is 4.92. The molecule has 104 valence electrons. The van der Waals surface area contributed by atoms with Crippen LogP contribution in [0.4, 0.5) is 0 Å². The van der Waals surface area contributed by atoms with Crippen LogP contribution in [-0.4, -0.2) is 36.1 Å². The van der Waals surface area contributed by atoms with Gasteiger partial charge in [0.25, 0.3) is 0 Å². The SMILES string of the molecule is CCc1cc(CC(CCC(C)OC)NC)n(C)n1. The van der Waals surface area contributed by atoms with E-state index >= 15 is 0 Å². The molecule has 2 unspecified atom stereocenters. The van der Waals surface area contributed by atoms with Crippen LogP contribution in [0, 0.1) is 0 Å². The lowest BCUT2D eigenvalue weighted by Gasteiger charge is -2.18. The molecule has 0 aliphatic carbocycles. The van der Waals surface area contributed by atoms with Gasteiger partial charge in [0.05, 0.1) is 11.8 Å². The maximum atomic E-state index is 5.30. The zero-order valence-corrected chi connectivity index (χ0v) is 12.4. The van der Waals surface area contributed by atoms with E-state index in [9.17, 15) is 0 Å². The lowest BCUT2D eigenvalue weighted by Crippen LogP contribution is -2.29. The molecule has 0 bridgehead atoms. The van der Waals surface area contributed by atoms with Crippen LogP contribution in [0.3, 0.4) is 0 Å². The molecular formula is C14H27N3O. The molecule has 0 aliphatic rings. The Hall–Kier alpha value is -0.870. The minimum absolute atomic E-state index is 0.332. The number of ether oxygens (including phenoxy) is 1. The van der Waals surface area contributed by atoms with Gasteiger partial charge in [-0.15, -0.1) is 0 Å². The number of methoxy groups -OCH3 is 1. The van der Waals surface area contributed by atoms with Gasteiger partial charge in [-0.1, -0.05) is 6.92 Å². The van der Waals surface area contributed by atoms with Crippen LogP contribution >= 0.6 is 0 Å². The average molecular weight is 253 g/mol. The predicted molar refractivity (Wildman–Crippen MR) is 74.8 cm³/mol. The first-order chi connectivity index (χ1) is 8.60. The van der Waals surface area contributed by atoms with E-state index in [-0.39, 0.29) is 0 Å². The molecule has 18 heavy (non-hydrogen) atoms. The van der Waals surface area contributed by atoms with Gasteiger partial charge >= 0.3 is 0 Å². The first-order valence-electron chi connectivity index (χ1n) is 6.82. The van der Waals surface area contributed by atoms with Crippen molar-refractivity contribution in [1.29, 1.82) is 0 Å². The molecule has 1 aromatic rings. The minimum atomic E-state index is 0.332. The molecule has 1 heterocycles. The van der Waals surface area contributed by atoms with Crippen LogP contribution < -0.4 is 5.32 Å². The van der Waals surface area contributed by atoms with Crippen molar-refractivity contribution >= 4 is 0 Å². The summed E-state index contributed by atoms with van der Waals surface area (Å²) in [6.45, 7) is 4.26. The molecule has 4 nitrogen and oxygen atoms in total. The molecule has 0 fully saturated rings. The van der Waals surface area contributed by atoms with Crippen molar-refractivity contribution < 1.29 is 4.74 Å². The Bertz CT molecular complexity index is 349. The maximum absolute atomic E-state index is 5.30. The monoisotopic (exact) mass is 253 g/mol. The third-order valence-corrected chi connectivity index (χ3v) is 3.58. The highest BCUT2D eigenvalue weighted by Crippen LogP contribution is 2.11. The molecule has 0 saturated carbocycles. The number of rotatable bonds is 8. The molecule has 1 N–H and O–H groups in total. The van der Waals surface area contributed by atoms with E-state index in [1.165, 1.54) is 11.4 Å². The van der Waals surface area contributed by atoms with Crippen molar-refractivity contribution in [2.24, 2.45) is 7.05 Å². The van der Waals surface area contributed by atoms with E-state index < -0.39 is 0 Å². The summed E-state index contributed by atoms with van der Waals surface area (Å²) in [5, 5.41) is 7.88. The number of nitrogens with one attached hydrogen (secondary N) is 1. The van der Waals surface area contributed by atoms with Gasteiger partial charge < -0.3 is 10.1 Å². The zero-order valence-electron chi connectivity index (χ0n) is 12.4. The zero-order chi connectivity index (χ0) is 13.5. The molecule has 1 aromatic heterocycles. The summed E-state index contributed by atoms with van der Waals surface area (Å²) >= 11 is 0. The van der Waals surface area contributed by atoms with Gasteiger partial charge in [-0.3, -0.25) is 4.68 Å². The van der Waals surface area contributed by atoms with Crippen LogP contribution in [0.2, 0.25) is 0 Å². The van der Waals surface area contributed by atoms with Crippen LogP contribution in [0.15, 0.2) is 6.07 Å². The third kappa shape index (κ3) is 4.42. The average Bonchev–Trinajstić information content (AvgIpc) is 2.74.